The summed E-state index contributed by atoms with van der Waals surface area (Å²) in [6.45, 7) is -1.00. The number of phosphoric ester groups is 2. The van der Waals surface area contributed by atoms with Crippen molar-refractivity contribution in [3.05, 3.63) is 33.1 Å². The third-order valence-electron chi connectivity index (χ3n) is 5.16. The molecule has 0 aromatic carbocycles. The van der Waals surface area contributed by atoms with E-state index in [1.807, 2.05) is 4.98 Å². The van der Waals surface area contributed by atoms with Gasteiger partial charge in [0.25, 0.3) is 5.56 Å². The van der Waals surface area contributed by atoms with Crippen molar-refractivity contribution in [2.75, 3.05) is 12.4 Å². The zero-order chi connectivity index (χ0) is 27.0. The molecule has 2 saturated heterocycles. The molecule has 0 radical (unpaired) electrons. The molecule has 8 N–H and O–H groups in total. The van der Waals surface area contributed by atoms with Crippen molar-refractivity contribution >= 4 is 28.3 Å². The van der Waals surface area contributed by atoms with Crippen molar-refractivity contribution in [3.63, 3.8) is 0 Å². The fourth-order valence-corrected chi connectivity index (χ4v) is 5.81. The zero-order valence-corrected chi connectivity index (χ0v) is 20.5. The highest BCUT2D eigenvalue weighted by Crippen LogP contribution is 2.61. The van der Waals surface area contributed by atoms with E-state index in [4.69, 9.17) is 9.47 Å². The molecular formula is C15H24N2O16P2S. The van der Waals surface area contributed by atoms with Crippen LogP contribution in [0.2, 0.25) is 0 Å². The minimum Gasteiger partial charge on any atom is -0.388 e. The predicted octanol–water partition coefficient (Wildman–Crippen LogP) is -3.86. The van der Waals surface area contributed by atoms with E-state index in [2.05, 4.69) is 26.0 Å². The van der Waals surface area contributed by atoms with E-state index in [1.165, 1.54) is 0 Å². The lowest BCUT2D eigenvalue weighted by atomic mass is 10.0. The Morgan fingerprint density at radius 1 is 0.944 bits per heavy atom. The summed E-state index contributed by atoms with van der Waals surface area (Å²) >= 11 is 3.85. The molecule has 2 aliphatic heterocycles. The summed E-state index contributed by atoms with van der Waals surface area (Å²) in [4.78, 5) is 44.6. The Kier molecular flexibility index (Phi) is 9.36. The van der Waals surface area contributed by atoms with Crippen molar-refractivity contribution in [3.8, 4) is 0 Å². The maximum absolute atomic E-state index is 12.2. The van der Waals surface area contributed by atoms with E-state index in [0.29, 0.717) is 0 Å². The summed E-state index contributed by atoms with van der Waals surface area (Å²) in [5, 5.41) is 49.7. The van der Waals surface area contributed by atoms with E-state index < -0.39 is 88.7 Å². The van der Waals surface area contributed by atoms with Crippen LogP contribution >= 0.6 is 28.3 Å². The van der Waals surface area contributed by atoms with Crippen LogP contribution in [0, 0.1) is 0 Å². The SMILES string of the molecule is O=c1ccn([C@@H]2O[C@H](COP(=O)(O)OP(=O)(O)O[C@@H]3OC(CS)[C@H](O)[C@H](O)C3O)[C@H](O)C2O)c(=O)[nH]1. The molecule has 2 aliphatic rings. The van der Waals surface area contributed by atoms with Gasteiger partial charge in [0.1, 0.15) is 36.6 Å². The summed E-state index contributed by atoms with van der Waals surface area (Å²) in [5.74, 6) is -0.204. The van der Waals surface area contributed by atoms with Crippen LogP contribution in [0.1, 0.15) is 6.23 Å². The second-order valence-electron chi connectivity index (χ2n) is 7.68. The molecule has 0 saturated carbocycles. The number of hydrogen-bond donors (Lipinski definition) is 9. The van der Waals surface area contributed by atoms with Gasteiger partial charge < -0.3 is 44.8 Å². The van der Waals surface area contributed by atoms with Crippen molar-refractivity contribution in [1.82, 2.24) is 9.55 Å². The molecule has 0 bridgehead atoms. The number of hydrogen-bond acceptors (Lipinski definition) is 15. The van der Waals surface area contributed by atoms with Crippen molar-refractivity contribution < 1.29 is 67.3 Å². The Bertz CT molecular complexity index is 1130. The number of aliphatic hydroxyl groups is 5. The second-order valence-corrected chi connectivity index (χ2v) is 11.0. The normalized spacial score (nSPS) is 38.4. The van der Waals surface area contributed by atoms with Gasteiger partial charge >= 0.3 is 21.3 Å². The number of nitrogens with zero attached hydrogens (tertiary/aromatic N) is 1. The van der Waals surface area contributed by atoms with E-state index in [1.54, 1.807) is 0 Å². The molecule has 3 rings (SSSR count). The van der Waals surface area contributed by atoms with Gasteiger partial charge in [-0.05, 0) is 0 Å². The molecule has 1 aromatic rings. The summed E-state index contributed by atoms with van der Waals surface area (Å²) in [7, 11) is -11.0. The van der Waals surface area contributed by atoms with E-state index in [9.17, 15) is 54.0 Å². The number of nitrogens with one attached hydrogen (secondary N) is 1. The lowest BCUT2D eigenvalue weighted by Crippen LogP contribution is -2.58. The number of thiol groups is 1. The summed E-state index contributed by atoms with van der Waals surface area (Å²) in [6.07, 6.45) is -14.5. The van der Waals surface area contributed by atoms with Gasteiger partial charge in [0, 0.05) is 18.0 Å². The molecule has 21 heteroatoms. The molecule has 0 spiro atoms. The maximum Gasteiger partial charge on any atom is 0.483 e. The Labute approximate surface area is 206 Å². The number of aliphatic hydroxyl groups excluding tert-OH is 5. The van der Waals surface area contributed by atoms with Crippen molar-refractivity contribution in [2.24, 2.45) is 0 Å². The lowest BCUT2D eigenvalue weighted by Gasteiger charge is -2.39. The van der Waals surface area contributed by atoms with E-state index >= 15 is 0 Å². The van der Waals surface area contributed by atoms with E-state index in [-0.39, 0.29) is 5.75 Å². The number of phosphoric acid groups is 2. The summed E-state index contributed by atoms with van der Waals surface area (Å²) < 4.78 is 48.5. The maximum atomic E-state index is 12.2. The molecule has 206 valence electrons. The van der Waals surface area contributed by atoms with Crippen LogP contribution in [0.5, 0.6) is 0 Å². The first kappa shape index (κ1) is 29.6. The Hall–Kier alpha value is -0.990. The topological polar surface area (TPSA) is 277 Å². The number of aromatic amines is 1. The molecule has 3 heterocycles. The summed E-state index contributed by atoms with van der Waals surface area (Å²) in [5.41, 5.74) is -1.73. The van der Waals surface area contributed by atoms with Crippen molar-refractivity contribution in [1.29, 1.82) is 0 Å². The average molecular weight is 582 g/mol. The monoisotopic (exact) mass is 582 g/mol. The zero-order valence-electron chi connectivity index (χ0n) is 17.9. The molecule has 0 aliphatic carbocycles. The van der Waals surface area contributed by atoms with Gasteiger partial charge in [0.2, 0.25) is 0 Å². The number of ether oxygens (including phenoxy) is 2. The highest BCUT2D eigenvalue weighted by molar-refractivity contribution is 7.80. The van der Waals surface area contributed by atoms with Crippen LogP contribution in [0.15, 0.2) is 21.9 Å². The molecule has 5 unspecified atom stereocenters. The number of H-pyrrole nitrogens is 1. The van der Waals surface area contributed by atoms with Gasteiger partial charge in [-0.3, -0.25) is 23.4 Å². The minimum atomic E-state index is -5.54. The Morgan fingerprint density at radius 3 is 2.19 bits per heavy atom. The van der Waals surface area contributed by atoms with E-state index in [0.717, 1.165) is 16.8 Å². The standard InChI is InChI=1S/C15H24N2O16P2S/c18-7-1-2-17(15(24)16-7)13-11(22)8(19)5(30-13)3-29-34(25,26)33-35(27,28)32-14-12(23)10(21)9(20)6(4-36)31-14/h1-2,5-6,8-14,19-23,36H,3-4H2,(H,25,26)(H,27,28)(H,16,18,24)/t5-,6?,8+,9+,10+,11?,12?,13-,14+/m1/s1. The molecule has 1 aromatic heterocycles. The van der Waals surface area contributed by atoms with Gasteiger partial charge in [0.05, 0.1) is 12.7 Å². The number of rotatable bonds is 9. The molecule has 0 amide bonds. The fraction of sp³-hybridized carbons (Fsp3) is 0.733. The molecule has 2 fully saturated rings. The molecule has 11 atom stereocenters. The van der Waals surface area contributed by atoms with Crippen LogP contribution in [0.4, 0.5) is 0 Å². The first-order valence-corrected chi connectivity index (χ1v) is 13.6. The largest absolute Gasteiger partial charge is 0.483 e. The van der Waals surface area contributed by atoms with Crippen LogP contribution < -0.4 is 11.2 Å². The molecular weight excluding hydrogens is 558 g/mol. The Morgan fingerprint density at radius 2 is 1.58 bits per heavy atom. The highest BCUT2D eigenvalue weighted by atomic mass is 32.1. The Balaban J connectivity index is 1.61. The smallest absolute Gasteiger partial charge is 0.388 e. The highest BCUT2D eigenvalue weighted by Gasteiger charge is 2.49. The molecule has 18 nitrogen and oxygen atoms in total. The number of aromatic nitrogens is 2. The minimum absolute atomic E-state index is 0.204. The third kappa shape index (κ3) is 6.71. The van der Waals surface area contributed by atoms with Gasteiger partial charge in [-0.1, -0.05) is 0 Å². The first-order valence-electron chi connectivity index (χ1n) is 9.99. The van der Waals surface area contributed by atoms with Crippen LogP contribution in [-0.4, -0.2) is 106 Å². The van der Waals surface area contributed by atoms with Gasteiger partial charge in [-0.25, -0.2) is 13.9 Å². The third-order valence-corrected chi connectivity index (χ3v) is 8.12. The van der Waals surface area contributed by atoms with Crippen LogP contribution in [0.3, 0.4) is 0 Å². The first-order chi connectivity index (χ1) is 16.7. The van der Waals surface area contributed by atoms with Crippen LogP contribution in [-0.2, 0) is 32.0 Å². The van der Waals surface area contributed by atoms with Gasteiger partial charge in [-0.15, -0.1) is 0 Å². The van der Waals surface area contributed by atoms with Gasteiger partial charge in [0.15, 0.2) is 12.5 Å². The van der Waals surface area contributed by atoms with Crippen LogP contribution in [0.25, 0.3) is 0 Å². The van der Waals surface area contributed by atoms with Gasteiger partial charge in [-0.2, -0.15) is 16.9 Å². The quantitative estimate of drug-likeness (QED) is 0.0995. The van der Waals surface area contributed by atoms with Crippen molar-refractivity contribution in [2.45, 2.75) is 55.2 Å². The summed E-state index contributed by atoms with van der Waals surface area (Å²) in [6, 6.07) is 0.938. The average Bonchev–Trinajstić information content (AvgIpc) is 3.06. The predicted molar refractivity (Wildman–Crippen MR) is 116 cm³/mol. The second kappa shape index (κ2) is 11.4. The molecule has 36 heavy (non-hydrogen) atoms. The fourth-order valence-electron chi connectivity index (χ4n) is 3.35. The lowest BCUT2D eigenvalue weighted by molar-refractivity contribution is -0.270.